The number of rotatable bonds is 4. The predicted octanol–water partition coefficient (Wildman–Crippen LogP) is 4.32. The van der Waals surface area contributed by atoms with Gasteiger partial charge in [-0.05, 0) is 37.0 Å². The zero-order chi connectivity index (χ0) is 14.7. The fraction of sp³-hybridized carbons (Fsp3) is 0.278. The molecule has 0 aromatic heterocycles. The van der Waals surface area contributed by atoms with E-state index in [1.54, 1.807) is 6.07 Å². The number of carbonyl (C=O) groups excluding carboxylic acids is 1. The van der Waals surface area contributed by atoms with E-state index < -0.39 is 0 Å². The van der Waals surface area contributed by atoms with Gasteiger partial charge in [0, 0.05) is 16.8 Å². The maximum absolute atomic E-state index is 12.5. The van der Waals surface area contributed by atoms with Gasteiger partial charge in [0.1, 0.15) is 0 Å². The van der Waals surface area contributed by atoms with Gasteiger partial charge >= 0.3 is 0 Å². The first kappa shape index (κ1) is 14.3. The van der Waals surface area contributed by atoms with Gasteiger partial charge in [-0.15, -0.1) is 0 Å². The second-order valence-electron chi connectivity index (χ2n) is 5.35. The van der Waals surface area contributed by atoms with Crippen LogP contribution < -0.4 is 5.73 Å². The van der Waals surface area contributed by atoms with Gasteiger partial charge in [0.25, 0.3) is 0 Å². The molecule has 1 atom stereocenters. The highest BCUT2D eigenvalue weighted by molar-refractivity contribution is 6.12. The molecule has 0 heterocycles. The zero-order valence-corrected chi connectivity index (χ0v) is 12.3. The summed E-state index contributed by atoms with van der Waals surface area (Å²) in [5.74, 6) is 0.505. The van der Waals surface area contributed by atoms with E-state index in [2.05, 4.69) is 13.8 Å². The number of ketones is 1. The summed E-state index contributed by atoms with van der Waals surface area (Å²) in [6.45, 7) is 6.31. The summed E-state index contributed by atoms with van der Waals surface area (Å²) in [7, 11) is 0. The van der Waals surface area contributed by atoms with Gasteiger partial charge in [0.15, 0.2) is 5.78 Å². The number of hydrogen-bond donors (Lipinski definition) is 1. The van der Waals surface area contributed by atoms with Crippen LogP contribution in [0.2, 0.25) is 0 Å². The molecule has 0 saturated carbocycles. The highest BCUT2D eigenvalue weighted by Crippen LogP contribution is 2.22. The Morgan fingerprint density at radius 3 is 2.40 bits per heavy atom. The van der Waals surface area contributed by atoms with Gasteiger partial charge in [-0.3, -0.25) is 4.79 Å². The van der Waals surface area contributed by atoms with Gasteiger partial charge in [-0.25, -0.2) is 0 Å². The molecule has 0 spiro atoms. The average Bonchev–Trinajstić information content (AvgIpc) is 2.48. The summed E-state index contributed by atoms with van der Waals surface area (Å²) in [5.41, 5.74) is 10.0. The fourth-order valence-electron chi connectivity index (χ4n) is 2.22. The maximum Gasteiger partial charge on any atom is 0.195 e. The van der Waals surface area contributed by atoms with Crippen molar-refractivity contribution < 1.29 is 4.79 Å². The standard InChI is InChI=1S/C18H21NO/c1-4-13(3)14-6-8-15(9-7-14)18(20)16-11-12(2)5-10-17(16)19/h5-11,13H,4,19H2,1-3H3. The molecule has 0 aliphatic heterocycles. The molecule has 0 radical (unpaired) electrons. The van der Waals surface area contributed by atoms with E-state index in [0.29, 0.717) is 22.7 Å². The van der Waals surface area contributed by atoms with Crippen molar-refractivity contribution in [3.05, 3.63) is 64.7 Å². The molecule has 20 heavy (non-hydrogen) atoms. The van der Waals surface area contributed by atoms with Crippen molar-refractivity contribution in [3.8, 4) is 0 Å². The Kier molecular flexibility index (Phi) is 4.23. The first-order valence-electron chi connectivity index (χ1n) is 7.03. The Morgan fingerprint density at radius 2 is 1.80 bits per heavy atom. The largest absolute Gasteiger partial charge is 0.398 e. The lowest BCUT2D eigenvalue weighted by atomic mass is 9.95. The van der Waals surface area contributed by atoms with E-state index in [9.17, 15) is 4.79 Å². The van der Waals surface area contributed by atoms with E-state index >= 15 is 0 Å². The number of hydrogen-bond acceptors (Lipinski definition) is 2. The second kappa shape index (κ2) is 5.91. The lowest BCUT2D eigenvalue weighted by Gasteiger charge is -2.10. The van der Waals surface area contributed by atoms with Crippen LogP contribution in [0.15, 0.2) is 42.5 Å². The minimum atomic E-state index is -0.0121. The van der Waals surface area contributed by atoms with Crippen LogP contribution in [0.1, 0.15) is 53.2 Å². The molecule has 2 aromatic carbocycles. The van der Waals surface area contributed by atoms with Crippen LogP contribution in [-0.2, 0) is 0 Å². The fourth-order valence-corrected chi connectivity index (χ4v) is 2.22. The summed E-state index contributed by atoms with van der Waals surface area (Å²) >= 11 is 0. The van der Waals surface area contributed by atoms with Crippen LogP contribution in [0.3, 0.4) is 0 Å². The third-order valence-electron chi connectivity index (χ3n) is 3.81. The quantitative estimate of drug-likeness (QED) is 0.662. The van der Waals surface area contributed by atoms with Gasteiger partial charge in [0.2, 0.25) is 0 Å². The predicted molar refractivity (Wildman–Crippen MR) is 84.2 cm³/mol. The van der Waals surface area contributed by atoms with Crippen molar-refractivity contribution >= 4 is 11.5 Å². The first-order valence-corrected chi connectivity index (χ1v) is 7.03. The van der Waals surface area contributed by atoms with Crippen LogP contribution in [0, 0.1) is 6.92 Å². The molecule has 2 N–H and O–H groups in total. The molecule has 2 nitrogen and oxygen atoms in total. The topological polar surface area (TPSA) is 43.1 Å². The smallest absolute Gasteiger partial charge is 0.195 e. The first-order chi connectivity index (χ1) is 9.52. The highest BCUT2D eigenvalue weighted by Gasteiger charge is 2.13. The zero-order valence-electron chi connectivity index (χ0n) is 12.3. The monoisotopic (exact) mass is 267 g/mol. The number of nitrogen functional groups attached to an aromatic ring is 1. The Hall–Kier alpha value is -2.09. The molecular formula is C18H21NO. The molecule has 2 aromatic rings. The SMILES string of the molecule is CCC(C)c1ccc(C(=O)c2cc(C)ccc2N)cc1. The van der Waals surface area contributed by atoms with E-state index in [4.69, 9.17) is 5.73 Å². The number of carbonyl (C=O) groups is 1. The van der Waals surface area contributed by atoms with E-state index in [1.807, 2.05) is 43.3 Å². The minimum absolute atomic E-state index is 0.0121. The molecule has 0 saturated heterocycles. The van der Waals surface area contributed by atoms with Gasteiger partial charge in [0.05, 0.1) is 0 Å². The van der Waals surface area contributed by atoms with Crippen LogP contribution >= 0.6 is 0 Å². The Morgan fingerprint density at radius 1 is 1.15 bits per heavy atom. The number of benzene rings is 2. The van der Waals surface area contributed by atoms with Crippen LogP contribution in [0.4, 0.5) is 5.69 Å². The summed E-state index contributed by atoms with van der Waals surface area (Å²) in [4.78, 5) is 12.5. The normalized spacial score (nSPS) is 12.2. The molecule has 0 aliphatic rings. The van der Waals surface area contributed by atoms with E-state index in [0.717, 1.165) is 12.0 Å². The maximum atomic E-state index is 12.5. The third kappa shape index (κ3) is 2.90. The van der Waals surface area contributed by atoms with Crippen LogP contribution in [0.25, 0.3) is 0 Å². The molecule has 1 unspecified atom stereocenters. The lowest BCUT2D eigenvalue weighted by Crippen LogP contribution is -2.06. The van der Waals surface area contributed by atoms with Gasteiger partial charge in [-0.2, -0.15) is 0 Å². The van der Waals surface area contributed by atoms with Crippen molar-refractivity contribution in [2.24, 2.45) is 0 Å². The molecule has 0 fully saturated rings. The van der Waals surface area contributed by atoms with Crippen LogP contribution in [-0.4, -0.2) is 5.78 Å². The van der Waals surface area contributed by atoms with Crippen molar-refractivity contribution in [2.45, 2.75) is 33.1 Å². The average molecular weight is 267 g/mol. The summed E-state index contributed by atoms with van der Waals surface area (Å²) in [6.07, 6.45) is 1.10. The second-order valence-corrected chi connectivity index (χ2v) is 5.35. The van der Waals surface area contributed by atoms with Crippen molar-refractivity contribution in [1.82, 2.24) is 0 Å². The summed E-state index contributed by atoms with van der Waals surface area (Å²) in [6, 6.07) is 13.4. The summed E-state index contributed by atoms with van der Waals surface area (Å²) in [5, 5.41) is 0. The molecule has 104 valence electrons. The molecule has 2 rings (SSSR count). The molecule has 0 bridgehead atoms. The van der Waals surface area contributed by atoms with Crippen molar-refractivity contribution in [2.75, 3.05) is 5.73 Å². The molecule has 2 heteroatoms. The molecular weight excluding hydrogens is 246 g/mol. The van der Waals surface area contributed by atoms with Crippen molar-refractivity contribution in [3.63, 3.8) is 0 Å². The molecule has 0 aliphatic carbocycles. The Bertz CT molecular complexity index is 614. The summed E-state index contributed by atoms with van der Waals surface area (Å²) < 4.78 is 0. The minimum Gasteiger partial charge on any atom is -0.398 e. The third-order valence-corrected chi connectivity index (χ3v) is 3.81. The highest BCUT2D eigenvalue weighted by atomic mass is 16.1. The Balaban J connectivity index is 2.32. The van der Waals surface area contributed by atoms with Crippen molar-refractivity contribution in [1.29, 1.82) is 0 Å². The van der Waals surface area contributed by atoms with Gasteiger partial charge in [-0.1, -0.05) is 49.7 Å². The van der Waals surface area contributed by atoms with E-state index in [-0.39, 0.29) is 5.78 Å². The van der Waals surface area contributed by atoms with E-state index in [1.165, 1.54) is 5.56 Å². The number of aryl methyl sites for hydroxylation is 1. The number of anilines is 1. The lowest BCUT2D eigenvalue weighted by molar-refractivity contribution is 0.103. The number of nitrogens with two attached hydrogens (primary N) is 1. The molecule has 0 amide bonds. The van der Waals surface area contributed by atoms with Gasteiger partial charge < -0.3 is 5.73 Å². The van der Waals surface area contributed by atoms with Crippen LogP contribution in [0.5, 0.6) is 0 Å². The Labute approximate surface area is 120 Å².